The van der Waals surface area contributed by atoms with E-state index < -0.39 is 11.7 Å². The van der Waals surface area contributed by atoms with E-state index in [0.29, 0.717) is 42.1 Å². The Morgan fingerprint density at radius 2 is 1.84 bits per heavy atom. The molecule has 0 unspecified atom stereocenters. The van der Waals surface area contributed by atoms with Crippen molar-refractivity contribution in [2.45, 2.75) is 44.0 Å². The summed E-state index contributed by atoms with van der Waals surface area (Å²) in [5.41, 5.74) is -0.239. The van der Waals surface area contributed by atoms with Crippen LogP contribution in [0, 0.1) is 0 Å². The number of aromatic nitrogens is 2. The summed E-state index contributed by atoms with van der Waals surface area (Å²) in [6.07, 6.45) is -1.30. The van der Waals surface area contributed by atoms with E-state index in [0.717, 1.165) is 12.3 Å². The van der Waals surface area contributed by atoms with Gasteiger partial charge in [0.25, 0.3) is 5.91 Å². The van der Waals surface area contributed by atoms with Crippen LogP contribution in [0.4, 0.5) is 13.2 Å². The first-order valence-corrected chi connectivity index (χ1v) is 9.92. The number of hydrogen-bond acceptors (Lipinski definition) is 4. The Morgan fingerprint density at radius 1 is 1.10 bits per heavy atom. The van der Waals surface area contributed by atoms with Crippen molar-refractivity contribution >= 4 is 16.8 Å². The number of H-pyrrole nitrogens is 1. The Labute approximate surface area is 175 Å². The zero-order chi connectivity index (χ0) is 22.0. The van der Waals surface area contributed by atoms with E-state index in [9.17, 15) is 22.8 Å². The van der Waals surface area contributed by atoms with Gasteiger partial charge in [-0.05, 0) is 37.8 Å². The highest BCUT2D eigenvalue weighted by molar-refractivity contribution is 6.06. The van der Waals surface area contributed by atoms with Crippen LogP contribution in [0.2, 0.25) is 0 Å². The van der Waals surface area contributed by atoms with Gasteiger partial charge < -0.3 is 15.0 Å². The van der Waals surface area contributed by atoms with E-state index in [1.807, 2.05) is 0 Å². The molecule has 6 nitrogen and oxygen atoms in total. The summed E-state index contributed by atoms with van der Waals surface area (Å²) in [6.45, 7) is 0. The number of pyridine rings is 2. The number of fused-ring (bicyclic) bond motifs is 1. The van der Waals surface area contributed by atoms with Gasteiger partial charge in [-0.25, -0.2) is 4.98 Å². The number of aromatic amines is 1. The lowest BCUT2D eigenvalue weighted by molar-refractivity contribution is -0.137. The van der Waals surface area contributed by atoms with Gasteiger partial charge in [0.1, 0.15) is 6.10 Å². The number of carbonyl (C=O) groups is 1. The van der Waals surface area contributed by atoms with E-state index >= 15 is 0 Å². The zero-order valence-corrected chi connectivity index (χ0v) is 16.4. The number of ether oxygens (including phenoxy) is 1. The van der Waals surface area contributed by atoms with Crippen molar-refractivity contribution in [3.8, 4) is 5.88 Å². The van der Waals surface area contributed by atoms with Gasteiger partial charge in [-0.3, -0.25) is 9.59 Å². The molecule has 0 saturated heterocycles. The number of amides is 1. The van der Waals surface area contributed by atoms with E-state index in [4.69, 9.17) is 4.74 Å². The molecule has 2 heterocycles. The average Bonchev–Trinajstić information content (AvgIpc) is 2.74. The highest BCUT2D eigenvalue weighted by Crippen LogP contribution is 2.30. The minimum Gasteiger partial charge on any atom is -0.474 e. The number of carbonyl (C=O) groups excluding carboxylic acids is 1. The number of alkyl halides is 3. The Morgan fingerprint density at radius 3 is 2.52 bits per heavy atom. The molecular weight excluding hydrogens is 411 g/mol. The summed E-state index contributed by atoms with van der Waals surface area (Å²) < 4.78 is 43.6. The first kappa shape index (κ1) is 20.9. The smallest absolute Gasteiger partial charge is 0.417 e. The fraction of sp³-hybridized carbons (Fsp3) is 0.318. The maximum absolute atomic E-state index is 12.8. The second kappa shape index (κ2) is 8.41. The molecule has 4 rings (SSSR count). The minimum absolute atomic E-state index is 0.0778. The number of benzene rings is 1. The lowest BCUT2D eigenvalue weighted by Crippen LogP contribution is -2.40. The van der Waals surface area contributed by atoms with Crippen LogP contribution in [0.1, 0.15) is 41.6 Å². The fourth-order valence-electron chi connectivity index (χ4n) is 3.77. The number of hydrogen-bond donors (Lipinski definition) is 2. The fourth-order valence-corrected chi connectivity index (χ4v) is 3.77. The van der Waals surface area contributed by atoms with Gasteiger partial charge in [0.05, 0.1) is 11.1 Å². The molecule has 2 N–H and O–H groups in total. The van der Waals surface area contributed by atoms with Crippen molar-refractivity contribution in [3.63, 3.8) is 0 Å². The van der Waals surface area contributed by atoms with Gasteiger partial charge >= 0.3 is 6.18 Å². The summed E-state index contributed by atoms with van der Waals surface area (Å²) in [7, 11) is 0. The minimum atomic E-state index is -4.43. The van der Waals surface area contributed by atoms with Gasteiger partial charge in [0.2, 0.25) is 11.4 Å². The van der Waals surface area contributed by atoms with Crippen LogP contribution in [0.15, 0.2) is 53.5 Å². The molecule has 0 atom stereocenters. The standard InChI is InChI=1S/C22H20F3N3O3/c23-22(24,25)13-5-10-20(26-12-13)31-15-8-6-14(7-9-15)27-21(30)17-11-19(29)28-18-4-2-1-3-16(17)18/h1-5,10-12,14-15H,6-9H2,(H,27,30)(H,28,29). The molecule has 162 valence electrons. The van der Waals surface area contributed by atoms with Crippen LogP contribution in [0.3, 0.4) is 0 Å². The van der Waals surface area contributed by atoms with Gasteiger partial charge in [-0.1, -0.05) is 18.2 Å². The summed E-state index contributed by atoms with van der Waals surface area (Å²) >= 11 is 0. The highest BCUT2D eigenvalue weighted by Gasteiger charge is 2.31. The Balaban J connectivity index is 1.34. The van der Waals surface area contributed by atoms with Crippen LogP contribution >= 0.6 is 0 Å². The Bertz CT molecular complexity index is 1130. The van der Waals surface area contributed by atoms with Crippen LogP contribution < -0.4 is 15.6 Å². The van der Waals surface area contributed by atoms with E-state index in [1.54, 1.807) is 24.3 Å². The van der Waals surface area contributed by atoms with Crippen molar-refractivity contribution in [2.24, 2.45) is 0 Å². The van der Waals surface area contributed by atoms with E-state index in [-0.39, 0.29) is 29.5 Å². The SMILES string of the molecule is O=C(NC1CCC(Oc2ccc(C(F)(F)F)cn2)CC1)c1cc(=O)[nH]c2ccccc12. The molecule has 0 aliphatic heterocycles. The zero-order valence-electron chi connectivity index (χ0n) is 16.4. The van der Waals surface area contributed by atoms with Crippen molar-refractivity contribution in [3.05, 3.63) is 70.1 Å². The molecule has 0 radical (unpaired) electrons. The molecule has 1 aliphatic rings. The molecule has 1 saturated carbocycles. The molecule has 1 aliphatic carbocycles. The molecule has 1 fully saturated rings. The third-order valence-electron chi connectivity index (χ3n) is 5.36. The molecule has 0 bridgehead atoms. The predicted octanol–water partition coefficient (Wildman–Crippen LogP) is 4.06. The van der Waals surface area contributed by atoms with Crippen LogP contribution in [0.25, 0.3) is 10.9 Å². The van der Waals surface area contributed by atoms with Crippen molar-refractivity contribution in [1.82, 2.24) is 15.3 Å². The number of para-hydroxylation sites is 1. The second-order valence-electron chi connectivity index (χ2n) is 7.54. The summed E-state index contributed by atoms with van der Waals surface area (Å²) in [4.78, 5) is 31.1. The first-order chi connectivity index (χ1) is 14.8. The van der Waals surface area contributed by atoms with Gasteiger partial charge in [-0.15, -0.1) is 0 Å². The molecule has 3 aromatic rings. The average molecular weight is 431 g/mol. The quantitative estimate of drug-likeness (QED) is 0.653. The van der Waals surface area contributed by atoms with Gasteiger partial charge in [0, 0.05) is 35.3 Å². The Kier molecular flexibility index (Phi) is 5.67. The van der Waals surface area contributed by atoms with Gasteiger partial charge in [0.15, 0.2) is 0 Å². The molecule has 1 aromatic carbocycles. The number of nitrogens with zero attached hydrogens (tertiary/aromatic N) is 1. The maximum atomic E-state index is 12.8. The summed E-state index contributed by atoms with van der Waals surface area (Å²) in [5, 5.41) is 3.65. The third kappa shape index (κ3) is 4.87. The molecule has 2 aromatic heterocycles. The van der Waals surface area contributed by atoms with Crippen molar-refractivity contribution in [1.29, 1.82) is 0 Å². The number of nitrogens with one attached hydrogen (secondary N) is 2. The maximum Gasteiger partial charge on any atom is 0.417 e. The lowest BCUT2D eigenvalue weighted by atomic mass is 9.92. The second-order valence-corrected chi connectivity index (χ2v) is 7.54. The largest absolute Gasteiger partial charge is 0.474 e. The molecule has 9 heteroatoms. The third-order valence-corrected chi connectivity index (χ3v) is 5.36. The van der Waals surface area contributed by atoms with E-state index in [1.165, 1.54) is 12.1 Å². The van der Waals surface area contributed by atoms with Crippen LogP contribution in [-0.2, 0) is 6.18 Å². The molecular formula is C22H20F3N3O3. The number of halogens is 3. The summed E-state index contributed by atoms with van der Waals surface area (Å²) in [5.74, 6) is -0.161. The lowest BCUT2D eigenvalue weighted by Gasteiger charge is -2.29. The predicted molar refractivity (Wildman–Crippen MR) is 108 cm³/mol. The normalized spacial score (nSPS) is 19.2. The number of rotatable bonds is 4. The monoisotopic (exact) mass is 431 g/mol. The molecule has 31 heavy (non-hydrogen) atoms. The molecule has 0 spiro atoms. The van der Waals surface area contributed by atoms with E-state index in [2.05, 4.69) is 15.3 Å². The van der Waals surface area contributed by atoms with Crippen molar-refractivity contribution < 1.29 is 22.7 Å². The molecule has 1 amide bonds. The highest BCUT2D eigenvalue weighted by atomic mass is 19.4. The topological polar surface area (TPSA) is 84.1 Å². The van der Waals surface area contributed by atoms with Crippen molar-refractivity contribution in [2.75, 3.05) is 0 Å². The summed E-state index contributed by atoms with van der Waals surface area (Å²) in [6, 6.07) is 10.5. The van der Waals surface area contributed by atoms with Crippen LogP contribution in [0.5, 0.6) is 5.88 Å². The Hall–Kier alpha value is -3.36. The van der Waals surface area contributed by atoms with Gasteiger partial charge in [-0.2, -0.15) is 13.2 Å². The first-order valence-electron chi connectivity index (χ1n) is 9.92. The van der Waals surface area contributed by atoms with Crippen LogP contribution in [-0.4, -0.2) is 28.0 Å².